The van der Waals surface area contributed by atoms with Crippen molar-refractivity contribution in [2.75, 3.05) is 12.4 Å². The van der Waals surface area contributed by atoms with Gasteiger partial charge in [-0.15, -0.1) is 11.3 Å². The summed E-state index contributed by atoms with van der Waals surface area (Å²) in [5.74, 6) is -0.123. The Morgan fingerprint density at radius 3 is 2.71 bits per heavy atom. The van der Waals surface area contributed by atoms with Gasteiger partial charge in [-0.3, -0.25) is 4.79 Å². The maximum Gasteiger partial charge on any atom is 0.257 e. The Kier molecular flexibility index (Phi) is 6.00. The molecular weight excluding hydrogens is 434 g/mol. The molecule has 0 fully saturated rings. The highest BCUT2D eigenvalue weighted by molar-refractivity contribution is 7.19. The Bertz CT molecular complexity index is 1250. The number of nitrogens with zero attached hydrogens (tertiary/aromatic N) is 2. The van der Waals surface area contributed by atoms with E-state index in [4.69, 9.17) is 16.3 Å². The first-order valence-electron chi connectivity index (χ1n) is 9.70. The molecule has 6 nitrogen and oxygen atoms in total. The number of aromatic nitrogens is 2. The number of rotatable bonds is 6. The SMILES string of the molecule is COc1cc(NC(=O)C(O)c2c(C)n(Cc3ccc(Cl)cc3)c3cc(C)sc23)ccn1. The molecule has 0 aliphatic carbocycles. The van der Waals surface area contributed by atoms with Gasteiger partial charge in [-0.2, -0.15) is 0 Å². The van der Waals surface area contributed by atoms with Crippen LogP contribution in [0.5, 0.6) is 5.88 Å². The van der Waals surface area contributed by atoms with Crippen molar-refractivity contribution in [3.05, 3.63) is 75.4 Å². The third-order valence-electron chi connectivity index (χ3n) is 5.15. The minimum absolute atomic E-state index is 0.383. The molecule has 0 radical (unpaired) electrons. The van der Waals surface area contributed by atoms with Crippen molar-refractivity contribution in [2.45, 2.75) is 26.5 Å². The number of amides is 1. The number of anilines is 1. The molecule has 8 heteroatoms. The van der Waals surface area contributed by atoms with Crippen LogP contribution in [0.25, 0.3) is 10.2 Å². The Morgan fingerprint density at radius 2 is 2.00 bits per heavy atom. The quantitative estimate of drug-likeness (QED) is 0.424. The molecule has 4 aromatic rings. The summed E-state index contributed by atoms with van der Waals surface area (Å²) in [5.41, 5.74) is 4.07. The van der Waals surface area contributed by atoms with E-state index >= 15 is 0 Å². The van der Waals surface area contributed by atoms with E-state index in [0.29, 0.717) is 28.7 Å². The van der Waals surface area contributed by atoms with E-state index in [-0.39, 0.29) is 0 Å². The topological polar surface area (TPSA) is 76.4 Å². The first-order chi connectivity index (χ1) is 14.9. The zero-order valence-electron chi connectivity index (χ0n) is 17.3. The fraction of sp³-hybridized carbons (Fsp3) is 0.217. The number of halogens is 1. The average molecular weight is 456 g/mol. The molecule has 4 rings (SSSR count). The van der Waals surface area contributed by atoms with Crippen molar-refractivity contribution < 1.29 is 14.6 Å². The van der Waals surface area contributed by atoms with E-state index in [9.17, 15) is 9.90 Å². The van der Waals surface area contributed by atoms with Gasteiger partial charge < -0.3 is 19.7 Å². The van der Waals surface area contributed by atoms with Crippen LogP contribution in [-0.2, 0) is 11.3 Å². The van der Waals surface area contributed by atoms with E-state index < -0.39 is 12.0 Å². The van der Waals surface area contributed by atoms with Crippen LogP contribution in [0.3, 0.4) is 0 Å². The molecule has 1 aromatic carbocycles. The minimum Gasteiger partial charge on any atom is -0.481 e. The number of aliphatic hydroxyl groups excluding tert-OH is 1. The average Bonchev–Trinajstić information content (AvgIpc) is 3.24. The summed E-state index contributed by atoms with van der Waals surface area (Å²) in [6, 6.07) is 13.0. The number of aliphatic hydroxyl groups is 1. The number of carbonyl (C=O) groups excluding carboxylic acids is 1. The van der Waals surface area contributed by atoms with Gasteiger partial charge in [0.25, 0.3) is 5.91 Å². The van der Waals surface area contributed by atoms with Gasteiger partial charge >= 0.3 is 0 Å². The molecule has 0 bridgehead atoms. The van der Waals surface area contributed by atoms with Crippen molar-refractivity contribution >= 4 is 44.7 Å². The highest BCUT2D eigenvalue weighted by Gasteiger charge is 2.27. The van der Waals surface area contributed by atoms with E-state index in [0.717, 1.165) is 26.4 Å². The number of aryl methyl sites for hydroxylation is 1. The molecule has 0 saturated carbocycles. The van der Waals surface area contributed by atoms with Crippen LogP contribution in [0.15, 0.2) is 48.7 Å². The summed E-state index contributed by atoms with van der Waals surface area (Å²) in [7, 11) is 1.51. The number of carbonyl (C=O) groups is 1. The monoisotopic (exact) mass is 455 g/mol. The molecule has 0 saturated heterocycles. The molecule has 31 heavy (non-hydrogen) atoms. The second-order valence-corrected chi connectivity index (χ2v) is 8.95. The first-order valence-corrected chi connectivity index (χ1v) is 10.9. The third kappa shape index (κ3) is 4.30. The second kappa shape index (κ2) is 8.70. The molecule has 2 N–H and O–H groups in total. The number of nitrogens with one attached hydrogen (secondary N) is 1. The van der Waals surface area contributed by atoms with Gasteiger partial charge in [0, 0.05) is 45.7 Å². The molecule has 3 heterocycles. The standard InChI is InChI=1S/C23H22ClN3O3S/c1-13-10-18-22(31-13)20(14(2)27(18)12-15-4-6-16(24)7-5-15)21(28)23(29)26-17-8-9-25-19(11-17)30-3/h4-11,21,28H,12H2,1-3H3,(H,25,26,29). The van der Waals surface area contributed by atoms with Crippen LogP contribution >= 0.6 is 22.9 Å². The summed E-state index contributed by atoms with van der Waals surface area (Å²) >= 11 is 7.59. The zero-order chi connectivity index (χ0) is 22.1. The predicted molar refractivity (Wildman–Crippen MR) is 124 cm³/mol. The number of hydrogen-bond acceptors (Lipinski definition) is 5. The number of thiophene rings is 1. The van der Waals surface area contributed by atoms with E-state index in [1.165, 1.54) is 13.3 Å². The molecule has 1 atom stereocenters. The third-order valence-corrected chi connectivity index (χ3v) is 6.48. The van der Waals surface area contributed by atoms with Crippen LogP contribution in [0.2, 0.25) is 5.02 Å². The lowest BCUT2D eigenvalue weighted by Crippen LogP contribution is -2.21. The number of ether oxygens (including phenoxy) is 1. The largest absolute Gasteiger partial charge is 0.481 e. The van der Waals surface area contributed by atoms with Gasteiger partial charge in [0.2, 0.25) is 5.88 Å². The van der Waals surface area contributed by atoms with Crippen molar-refractivity contribution in [2.24, 2.45) is 0 Å². The smallest absolute Gasteiger partial charge is 0.257 e. The Balaban J connectivity index is 1.68. The van der Waals surface area contributed by atoms with E-state index in [1.807, 2.05) is 38.1 Å². The Hall–Kier alpha value is -2.87. The summed E-state index contributed by atoms with van der Waals surface area (Å²) in [6.07, 6.45) is 0.223. The maximum absolute atomic E-state index is 12.9. The predicted octanol–water partition coefficient (Wildman–Crippen LogP) is 5.10. The zero-order valence-corrected chi connectivity index (χ0v) is 18.9. The normalized spacial score (nSPS) is 12.2. The van der Waals surface area contributed by atoms with Crippen molar-refractivity contribution in [1.29, 1.82) is 0 Å². The number of methoxy groups -OCH3 is 1. The van der Waals surface area contributed by atoms with Gasteiger partial charge in [0.1, 0.15) is 0 Å². The molecular formula is C23H22ClN3O3S. The second-order valence-electron chi connectivity index (χ2n) is 7.26. The summed E-state index contributed by atoms with van der Waals surface area (Å²) in [4.78, 5) is 18.0. The highest BCUT2D eigenvalue weighted by atomic mass is 35.5. The Morgan fingerprint density at radius 1 is 1.26 bits per heavy atom. The number of fused-ring (bicyclic) bond motifs is 1. The first kappa shape index (κ1) is 21.4. The van der Waals surface area contributed by atoms with Gasteiger partial charge in [0.15, 0.2) is 6.10 Å². The van der Waals surface area contributed by atoms with Crippen molar-refractivity contribution in [3.63, 3.8) is 0 Å². The van der Waals surface area contributed by atoms with E-state index in [1.54, 1.807) is 23.5 Å². The van der Waals surface area contributed by atoms with Crippen LogP contribution in [0.4, 0.5) is 5.69 Å². The molecule has 3 aromatic heterocycles. The van der Waals surface area contributed by atoms with Crippen LogP contribution in [-0.4, -0.2) is 27.7 Å². The lowest BCUT2D eigenvalue weighted by atomic mass is 10.1. The summed E-state index contributed by atoms with van der Waals surface area (Å²) in [5, 5.41) is 14.4. The molecule has 1 amide bonds. The van der Waals surface area contributed by atoms with Gasteiger partial charge in [-0.1, -0.05) is 23.7 Å². The fourth-order valence-corrected chi connectivity index (χ4v) is 4.88. The maximum atomic E-state index is 12.9. The van der Waals surface area contributed by atoms with Gasteiger partial charge in [-0.05, 0) is 43.7 Å². The van der Waals surface area contributed by atoms with Crippen LogP contribution in [0.1, 0.15) is 27.8 Å². The lowest BCUT2D eigenvalue weighted by molar-refractivity contribution is -0.124. The molecule has 160 valence electrons. The summed E-state index contributed by atoms with van der Waals surface area (Å²) in [6.45, 7) is 4.57. The number of hydrogen-bond donors (Lipinski definition) is 2. The number of pyridine rings is 1. The fourth-order valence-electron chi connectivity index (χ4n) is 3.62. The van der Waals surface area contributed by atoms with Crippen LogP contribution < -0.4 is 10.1 Å². The minimum atomic E-state index is -1.31. The lowest BCUT2D eigenvalue weighted by Gasteiger charge is -2.14. The molecule has 0 spiro atoms. The van der Waals surface area contributed by atoms with E-state index in [2.05, 4.69) is 20.9 Å². The molecule has 1 unspecified atom stereocenters. The molecule has 0 aliphatic rings. The van der Waals surface area contributed by atoms with Crippen LogP contribution in [0, 0.1) is 13.8 Å². The van der Waals surface area contributed by atoms with Crippen molar-refractivity contribution in [3.8, 4) is 5.88 Å². The number of benzene rings is 1. The van der Waals surface area contributed by atoms with Gasteiger partial charge in [-0.25, -0.2) is 4.98 Å². The van der Waals surface area contributed by atoms with Gasteiger partial charge in [0.05, 0.1) is 17.3 Å². The highest BCUT2D eigenvalue weighted by Crippen LogP contribution is 2.37. The summed E-state index contributed by atoms with van der Waals surface area (Å²) < 4.78 is 8.14. The molecule has 0 aliphatic heterocycles. The Labute approximate surface area is 189 Å². The van der Waals surface area contributed by atoms with Crippen molar-refractivity contribution in [1.82, 2.24) is 9.55 Å².